The van der Waals surface area contributed by atoms with Crippen LogP contribution in [0.15, 0.2) is 107 Å². The van der Waals surface area contributed by atoms with Crippen LogP contribution in [0.1, 0.15) is 46.7 Å². The van der Waals surface area contributed by atoms with Gasteiger partial charge in [0.2, 0.25) is 0 Å². The lowest BCUT2D eigenvalue weighted by Gasteiger charge is -2.15. The van der Waals surface area contributed by atoms with E-state index in [0.29, 0.717) is 5.70 Å². The second kappa shape index (κ2) is 9.15. The molecule has 0 saturated heterocycles. The molecule has 3 aliphatic rings. The second-order valence-electron chi connectivity index (χ2n) is 9.08. The normalized spacial score (nSPS) is 22.4. The minimum atomic E-state index is 0.681. The standard InChI is InChI=1S/C32H30N2/c1-4-8-26-20-25-14-13-21(2)19-29(25)31(26)24-15-17-27(18-16-24)34-32-28-11-7-10-23(22(28)3)9-5-6-12-30(32)33/h4-17,19H,18,20,33H2,1-3H3/b8-4-,9-5-,12-6+,32-30-,34-27?. The fourth-order valence-electron chi connectivity index (χ4n) is 4.94. The molecule has 0 saturated carbocycles. The minimum Gasteiger partial charge on any atom is -0.397 e. The topological polar surface area (TPSA) is 38.4 Å². The van der Waals surface area contributed by atoms with E-state index in [1.807, 2.05) is 18.2 Å². The van der Waals surface area contributed by atoms with Crippen molar-refractivity contribution in [1.29, 1.82) is 0 Å². The highest BCUT2D eigenvalue weighted by Gasteiger charge is 2.23. The highest BCUT2D eigenvalue weighted by Crippen LogP contribution is 2.40. The van der Waals surface area contributed by atoms with E-state index in [2.05, 4.69) is 93.6 Å². The van der Waals surface area contributed by atoms with E-state index in [-0.39, 0.29) is 0 Å². The molecule has 0 radical (unpaired) electrons. The van der Waals surface area contributed by atoms with Crippen LogP contribution in [0.5, 0.6) is 0 Å². The van der Waals surface area contributed by atoms with Crippen molar-refractivity contribution < 1.29 is 0 Å². The molecule has 2 aromatic rings. The van der Waals surface area contributed by atoms with E-state index in [1.165, 1.54) is 44.5 Å². The molecule has 2 bridgehead atoms. The number of fused-ring (bicyclic) bond motifs is 3. The summed E-state index contributed by atoms with van der Waals surface area (Å²) >= 11 is 0. The predicted molar refractivity (Wildman–Crippen MR) is 146 cm³/mol. The largest absolute Gasteiger partial charge is 0.397 e. The highest BCUT2D eigenvalue weighted by molar-refractivity contribution is 6.04. The van der Waals surface area contributed by atoms with E-state index in [1.54, 1.807) is 0 Å². The Kier molecular flexibility index (Phi) is 5.90. The van der Waals surface area contributed by atoms with Gasteiger partial charge in [0.15, 0.2) is 0 Å². The van der Waals surface area contributed by atoms with Crippen LogP contribution >= 0.6 is 0 Å². The van der Waals surface area contributed by atoms with E-state index >= 15 is 0 Å². The van der Waals surface area contributed by atoms with Gasteiger partial charge in [0.25, 0.3) is 0 Å². The molecule has 0 fully saturated rings. The molecule has 0 atom stereocenters. The number of nitrogens with zero attached hydrogens (tertiary/aromatic N) is 1. The maximum atomic E-state index is 6.49. The molecule has 0 aromatic heterocycles. The van der Waals surface area contributed by atoms with Crippen LogP contribution in [0.3, 0.4) is 0 Å². The highest BCUT2D eigenvalue weighted by atomic mass is 14.8. The number of hydrogen-bond acceptors (Lipinski definition) is 2. The summed E-state index contributed by atoms with van der Waals surface area (Å²) in [5, 5.41) is 0. The van der Waals surface area contributed by atoms with E-state index in [9.17, 15) is 0 Å². The summed E-state index contributed by atoms with van der Waals surface area (Å²) in [6.07, 6.45) is 20.9. The van der Waals surface area contributed by atoms with Gasteiger partial charge >= 0.3 is 0 Å². The van der Waals surface area contributed by atoms with Crippen LogP contribution in [0.25, 0.3) is 17.3 Å². The molecule has 0 unspecified atom stereocenters. The number of benzene rings is 2. The lowest BCUT2D eigenvalue weighted by Crippen LogP contribution is -2.05. The molecule has 5 rings (SSSR count). The van der Waals surface area contributed by atoms with Gasteiger partial charge < -0.3 is 5.73 Å². The molecular weight excluding hydrogens is 412 g/mol. The van der Waals surface area contributed by atoms with Crippen molar-refractivity contribution in [3.05, 3.63) is 135 Å². The Hall–Kier alpha value is -3.91. The van der Waals surface area contributed by atoms with Crippen LogP contribution in [0.4, 0.5) is 0 Å². The van der Waals surface area contributed by atoms with Crippen molar-refractivity contribution in [2.75, 3.05) is 0 Å². The molecule has 3 aliphatic carbocycles. The number of aliphatic imine (C=N–C) groups is 1. The quantitative estimate of drug-likeness (QED) is 0.527. The van der Waals surface area contributed by atoms with Gasteiger partial charge in [0.05, 0.1) is 11.4 Å². The molecular formula is C32H30N2. The average Bonchev–Trinajstić information content (AvgIpc) is 3.19. The van der Waals surface area contributed by atoms with Crippen LogP contribution in [-0.4, -0.2) is 5.71 Å². The van der Waals surface area contributed by atoms with Gasteiger partial charge in [0.1, 0.15) is 0 Å². The Morgan fingerprint density at radius 1 is 0.941 bits per heavy atom. The number of hydrogen-bond donors (Lipinski definition) is 1. The van der Waals surface area contributed by atoms with Crippen molar-refractivity contribution in [3.63, 3.8) is 0 Å². The monoisotopic (exact) mass is 442 g/mol. The summed E-state index contributed by atoms with van der Waals surface area (Å²) < 4.78 is 0. The second-order valence-corrected chi connectivity index (χ2v) is 9.08. The van der Waals surface area contributed by atoms with Crippen LogP contribution in [0, 0.1) is 13.8 Å². The number of allylic oxidation sites excluding steroid dienone is 11. The summed E-state index contributed by atoms with van der Waals surface area (Å²) in [6.45, 7) is 6.39. The van der Waals surface area contributed by atoms with Gasteiger partial charge in [-0.2, -0.15) is 0 Å². The number of rotatable bonds is 3. The fourth-order valence-corrected chi connectivity index (χ4v) is 4.94. The summed E-state index contributed by atoms with van der Waals surface area (Å²) in [7, 11) is 0. The van der Waals surface area contributed by atoms with Gasteiger partial charge in [-0.25, -0.2) is 0 Å². The third-order valence-electron chi connectivity index (χ3n) is 6.70. The minimum absolute atomic E-state index is 0.681. The van der Waals surface area contributed by atoms with E-state index in [4.69, 9.17) is 10.7 Å². The van der Waals surface area contributed by atoms with Crippen LogP contribution < -0.4 is 5.73 Å². The summed E-state index contributed by atoms with van der Waals surface area (Å²) in [5.74, 6) is 0. The first-order chi connectivity index (χ1) is 16.5. The lowest BCUT2D eigenvalue weighted by molar-refractivity contribution is 1.23. The van der Waals surface area contributed by atoms with Crippen LogP contribution in [0.2, 0.25) is 0 Å². The van der Waals surface area contributed by atoms with Crippen molar-refractivity contribution in [2.24, 2.45) is 10.7 Å². The predicted octanol–water partition coefficient (Wildman–Crippen LogP) is 7.43. The Morgan fingerprint density at radius 3 is 2.59 bits per heavy atom. The molecule has 2 N–H and O–H groups in total. The van der Waals surface area contributed by atoms with Gasteiger partial charge in [-0.1, -0.05) is 84.5 Å². The first kappa shape index (κ1) is 21.9. The Bertz CT molecular complexity index is 1410. The molecule has 0 aliphatic heterocycles. The summed E-state index contributed by atoms with van der Waals surface area (Å²) in [4.78, 5) is 5.06. The number of aryl methyl sites for hydroxylation is 1. The molecule has 0 amide bonds. The van der Waals surface area contributed by atoms with E-state index < -0.39 is 0 Å². The Morgan fingerprint density at radius 2 is 1.79 bits per heavy atom. The zero-order valence-corrected chi connectivity index (χ0v) is 20.1. The molecule has 2 heteroatoms. The molecule has 2 nitrogen and oxygen atoms in total. The zero-order valence-electron chi connectivity index (χ0n) is 20.1. The Balaban J connectivity index is 1.51. The Labute approximate surface area is 202 Å². The third-order valence-corrected chi connectivity index (χ3v) is 6.70. The van der Waals surface area contributed by atoms with Crippen molar-refractivity contribution in [3.8, 4) is 0 Å². The van der Waals surface area contributed by atoms with Gasteiger partial charge in [0, 0.05) is 17.7 Å². The molecule has 2 aromatic carbocycles. The summed E-state index contributed by atoms with van der Waals surface area (Å²) in [6, 6.07) is 13.1. The first-order valence-corrected chi connectivity index (χ1v) is 11.9. The van der Waals surface area contributed by atoms with Gasteiger partial charge in [-0.05, 0) is 78.3 Å². The van der Waals surface area contributed by atoms with Gasteiger partial charge in [-0.3, -0.25) is 4.99 Å². The number of nitrogens with two attached hydrogens (primary N) is 1. The molecule has 0 heterocycles. The molecule has 0 spiro atoms. The zero-order chi connectivity index (χ0) is 23.7. The average molecular weight is 443 g/mol. The van der Waals surface area contributed by atoms with Gasteiger partial charge in [-0.15, -0.1) is 0 Å². The maximum absolute atomic E-state index is 6.49. The first-order valence-electron chi connectivity index (χ1n) is 11.9. The smallest absolute Gasteiger partial charge is 0.0937 e. The lowest BCUT2D eigenvalue weighted by atomic mass is 9.92. The SMILES string of the molecule is C/C=C\C1=C(C2=CCC(=N/C3=C(N)/C=C/C=C\c4cccc3c4C)C=C2)c2cc(C)ccc2C1. The molecule has 168 valence electrons. The maximum Gasteiger partial charge on any atom is 0.0937 e. The van der Waals surface area contributed by atoms with E-state index in [0.717, 1.165) is 29.8 Å². The van der Waals surface area contributed by atoms with Crippen molar-refractivity contribution in [1.82, 2.24) is 0 Å². The fraction of sp³-hybridized carbons (Fsp3) is 0.156. The van der Waals surface area contributed by atoms with Crippen molar-refractivity contribution in [2.45, 2.75) is 33.6 Å². The third kappa shape index (κ3) is 4.08. The van der Waals surface area contributed by atoms with Crippen molar-refractivity contribution >= 4 is 23.1 Å². The van der Waals surface area contributed by atoms with Crippen LogP contribution in [-0.2, 0) is 6.42 Å². The summed E-state index contributed by atoms with van der Waals surface area (Å²) in [5.41, 5.74) is 20.6. The molecule has 34 heavy (non-hydrogen) atoms.